The van der Waals surface area contributed by atoms with Gasteiger partial charge in [-0.3, -0.25) is 4.79 Å². The molecule has 5 nitrogen and oxygen atoms in total. The third kappa shape index (κ3) is 2.88. The maximum absolute atomic E-state index is 12.3. The van der Waals surface area contributed by atoms with E-state index in [1.165, 1.54) is 18.6 Å². The van der Waals surface area contributed by atoms with Crippen LogP contribution in [0.15, 0.2) is 54.6 Å². The van der Waals surface area contributed by atoms with Crippen LogP contribution in [-0.2, 0) is 9.53 Å². The molecule has 6 heteroatoms. The first-order valence-electron chi connectivity index (χ1n) is 8.20. The minimum atomic E-state index is -0.372. The molecule has 0 spiro atoms. The number of fused-ring (bicyclic) bond motifs is 1. The van der Waals surface area contributed by atoms with Gasteiger partial charge in [0.15, 0.2) is 0 Å². The highest BCUT2D eigenvalue weighted by Crippen LogP contribution is 2.44. The van der Waals surface area contributed by atoms with E-state index < -0.39 is 0 Å². The lowest BCUT2D eigenvalue weighted by atomic mass is 9.89. The highest BCUT2D eigenvalue weighted by Gasteiger charge is 2.31. The monoisotopic (exact) mass is 364 g/mol. The van der Waals surface area contributed by atoms with Crippen LogP contribution in [0.3, 0.4) is 0 Å². The van der Waals surface area contributed by atoms with E-state index in [2.05, 4.69) is 9.69 Å². The van der Waals surface area contributed by atoms with Crippen molar-refractivity contribution in [2.24, 2.45) is 0 Å². The van der Waals surface area contributed by atoms with Crippen molar-refractivity contribution in [2.75, 3.05) is 12.4 Å². The van der Waals surface area contributed by atoms with Gasteiger partial charge in [0.1, 0.15) is 5.69 Å². The van der Waals surface area contributed by atoms with Crippen LogP contribution in [0.2, 0.25) is 0 Å². The van der Waals surface area contributed by atoms with Gasteiger partial charge < -0.3 is 10.1 Å². The number of anilines is 1. The molecule has 1 aromatic heterocycles. The molecule has 3 aromatic rings. The van der Waals surface area contributed by atoms with Gasteiger partial charge in [-0.25, -0.2) is 4.79 Å². The molecular weight excluding hydrogens is 348 g/mol. The molecule has 2 aromatic carbocycles. The minimum Gasteiger partial charge on any atom is -0.465 e. The molecule has 26 heavy (non-hydrogen) atoms. The summed E-state index contributed by atoms with van der Waals surface area (Å²) >= 11 is 1.41. The number of benzene rings is 2. The zero-order chi connectivity index (χ0) is 18.1. The number of rotatable bonds is 3. The number of nitrogens with zero attached hydrogens (tertiary/aromatic N) is 1. The van der Waals surface area contributed by atoms with Crippen molar-refractivity contribution in [1.82, 2.24) is 4.37 Å². The molecule has 0 saturated carbocycles. The second kappa shape index (κ2) is 6.72. The Hall–Kier alpha value is -2.99. The third-order valence-electron chi connectivity index (χ3n) is 4.47. The normalized spacial score (nSPS) is 15.9. The summed E-state index contributed by atoms with van der Waals surface area (Å²) in [7, 11) is 1.36. The predicted molar refractivity (Wildman–Crippen MR) is 100 cm³/mol. The summed E-state index contributed by atoms with van der Waals surface area (Å²) in [6.07, 6.45) is 0.362. The van der Waals surface area contributed by atoms with Crippen molar-refractivity contribution in [3.63, 3.8) is 0 Å². The fraction of sp³-hybridized carbons (Fsp3) is 0.150. The number of methoxy groups -OCH3 is 1. The van der Waals surface area contributed by atoms with Crippen LogP contribution in [0, 0.1) is 0 Å². The molecule has 0 aliphatic carbocycles. The van der Waals surface area contributed by atoms with E-state index in [1.807, 2.05) is 42.5 Å². The number of aromatic nitrogens is 1. The van der Waals surface area contributed by atoms with Crippen LogP contribution in [0.4, 0.5) is 5.69 Å². The molecule has 0 radical (unpaired) electrons. The Kier molecular flexibility index (Phi) is 4.26. The number of hydrogen-bond donors (Lipinski definition) is 1. The van der Waals surface area contributed by atoms with E-state index in [1.54, 1.807) is 12.1 Å². The van der Waals surface area contributed by atoms with Gasteiger partial charge in [-0.2, -0.15) is 4.37 Å². The first-order chi connectivity index (χ1) is 12.7. The first-order valence-corrected chi connectivity index (χ1v) is 8.98. The van der Waals surface area contributed by atoms with Crippen LogP contribution < -0.4 is 5.32 Å². The zero-order valence-electron chi connectivity index (χ0n) is 14.1. The smallest absolute Gasteiger partial charge is 0.337 e. The van der Waals surface area contributed by atoms with Crippen molar-refractivity contribution in [3.8, 4) is 11.3 Å². The van der Waals surface area contributed by atoms with Crippen molar-refractivity contribution >= 4 is 29.1 Å². The molecular formula is C20H16N2O3S. The first kappa shape index (κ1) is 16.5. The Morgan fingerprint density at radius 3 is 2.58 bits per heavy atom. The van der Waals surface area contributed by atoms with E-state index in [4.69, 9.17) is 4.74 Å². The molecule has 0 fully saturated rings. The fourth-order valence-corrected chi connectivity index (χ4v) is 4.13. The Morgan fingerprint density at radius 2 is 1.88 bits per heavy atom. The average Bonchev–Trinajstić information content (AvgIpc) is 3.11. The standard InChI is InChI=1S/C20H16N2O3S/c1-25-20(24)14-9-7-12(8-10-14)15-11-16(23)21-18-17(22-26-19(15)18)13-5-3-2-4-6-13/h2-10,15H,11H2,1H3,(H,21,23)/t15-/m1/s1. The lowest BCUT2D eigenvalue weighted by Gasteiger charge is -2.23. The van der Waals surface area contributed by atoms with Gasteiger partial charge in [-0.05, 0) is 29.2 Å². The predicted octanol–water partition coefficient (Wildman–Crippen LogP) is 4.07. The number of hydrogen-bond acceptors (Lipinski definition) is 5. The van der Waals surface area contributed by atoms with Crippen LogP contribution in [-0.4, -0.2) is 23.4 Å². The maximum atomic E-state index is 12.3. The highest BCUT2D eigenvalue weighted by molar-refractivity contribution is 7.07. The Balaban J connectivity index is 1.73. The minimum absolute atomic E-state index is 0.0306. The molecule has 4 rings (SSSR count). The lowest BCUT2D eigenvalue weighted by Crippen LogP contribution is -2.22. The number of nitrogens with one attached hydrogen (secondary N) is 1. The van der Waals surface area contributed by atoms with Gasteiger partial charge in [-0.15, -0.1) is 0 Å². The molecule has 0 unspecified atom stereocenters. The highest BCUT2D eigenvalue weighted by atomic mass is 32.1. The van der Waals surface area contributed by atoms with E-state index in [-0.39, 0.29) is 17.8 Å². The Morgan fingerprint density at radius 1 is 1.15 bits per heavy atom. The van der Waals surface area contributed by atoms with Crippen LogP contribution in [0.25, 0.3) is 11.3 Å². The number of esters is 1. The number of carbonyl (C=O) groups is 2. The van der Waals surface area contributed by atoms with Gasteiger partial charge in [0, 0.05) is 17.9 Å². The van der Waals surface area contributed by atoms with Crippen molar-refractivity contribution < 1.29 is 14.3 Å². The zero-order valence-corrected chi connectivity index (χ0v) is 14.9. The molecule has 2 heterocycles. The second-order valence-corrected chi connectivity index (χ2v) is 6.86. The number of carbonyl (C=O) groups excluding carboxylic acids is 2. The SMILES string of the molecule is COC(=O)c1ccc([C@H]2CC(=O)Nc3c(-c4ccccc4)nsc32)cc1. The van der Waals surface area contributed by atoms with Crippen LogP contribution in [0.1, 0.15) is 33.1 Å². The van der Waals surface area contributed by atoms with Crippen LogP contribution >= 0.6 is 11.5 Å². The number of amides is 1. The third-order valence-corrected chi connectivity index (χ3v) is 5.43. The fourth-order valence-electron chi connectivity index (χ4n) is 3.16. The molecule has 1 N–H and O–H groups in total. The summed E-state index contributed by atoms with van der Waals surface area (Å²) in [6.45, 7) is 0. The summed E-state index contributed by atoms with van der Waals surface area (Å²) in [4.78, 5) is 25.0. The summed E-state index contributed by atoms with van der Waals surface area (Å²) in [6, 6.07) is 17.0. The van der Waals surface area contributed by atoms with Gasteiger partial charge in [0.25, 0.3) is 0 Å². The molecule has 1 aliphatic rings. The van der Waals surface area contributed by atoms with Crippen molar-refractivity contribution in [3.05, 3.63) is 70.6 Å². The topological polar surface area (TPSA) is 68.3 Å². The summed E-state index contributed by atoms with van der Waals surface area (Å²) in [5, 5.41) is 2.98. The quantitative estimate of drug-likeness (QED) is 0.711. The Labute approximate surface area is 154 Å². The summed E-state index contributed by atoms with van der Waals surface area (Å²) < 4.78 is 9.33. The van der Waals surface area contributed by atoms with Crippen molar-refractivity contribution in [1.29, 1.82) is 0 Å². The van der Waals surface area contributed by atoms with E-state index in [9.17, 15) is 9.59 Å². The summed E-state index contributed by atoms with van der Waals surface area (Å²) in [5.74, 6) is -0.472. The average molecular weight is 364 g/mol. The second-order valence-electron chi connectivity index (χ2n) is 6.05. The van der Waals surface area contributed by atoms with Gasteiger partial charge in [0.2, 0.25) is 5.91 Å². The summed E-state index contributed by atoms with van der Waals surface area (Å²) in [5.41, 5.74) is 4.05. The molecule has 130 valence electrons. The molecule has 1 amide bonds. The van der Waals surface area contributed by atoms with E-state index in [0.29, 0.717) is 12.0 Å². The molecule has 1 aliphatic heterocycles. The lowest BCUT2D eigenvalue weighted by molar-refractivity contribution is -0.116. The van der Waals surface area contributed by atoms with E-state index >= 15 is 0 Å². The number of ether oxygens (including phenoxy) is 1. The molecule has 0 bridgehead atoms. The van der Waals surface area contributed by atoms with Gasteiger partial charge in [0.05, 0.1) is 23.2 Å². The Bertz CT molecular complexity index is 964. The van der Waals surface area contributed by atoms with Gasteiger partial charge in [-0.1, -0.05) is 42.5 Å². The molecule has 0 saturated heterocycles. The molecule has 1 atom stereocenters. The van der Waals surface area contributed by atoms with Crippen molar-refractivity contribution in [2.45, 2.75) is 12.3 Å². The largest absolute Gasteiger partial charge is 0.465 e. The maximum Gasteiger partial charge on any atom is 0.337 e. The van der Waals surface area contributed by atoms with Crippen LogP contribution in [0.5, 0.6) is 0 Å². The van der Waals surface area contributed by atoms with Gasteiger partial charge >= 0.3 is 5.97 Å². The van der Waals surface area contributed by atoms with E-state index in [0.717, 1.165) is 27.4 Å².